The van der Waals surface area contributed by atoms with Crippen LogP contribution in [0, 0.1) is 5.92 Å². The van der Waals surface area contributed by atoms with Crippen LogP contribution in [0.15, 0.2) is 16.8 Å². The van der Waals surface area contributed by atoms with Crippen LogP contribution in [0.3, 0.4) is 0 Å². The van der Waals surface area contributed by atoms with Crippen LogP contribution in [-0.4, -0.2) is 17.6 Å². The third-order valence-electron chi connectivity index (χ3n) is 3.00. The van der Waals surface area contributed by atoms with Crippen LogP contribution in [0.4, 0.5) is 0 Å². The average molecular weight is 255 g/mol. The first-order valence-electron chi connectivity index (χ1n) is 6.16. The zero-order chi connectivity index (χ0) is 12.7. The first-order valence-corrected chi connectivity index (χ1v) is 7.11. The molecule has 1 amide bonds. The predicted molar refractivity (Wildman–Crippen MR) is 71.0 cm³/mol. The fraction of sp³-hybridized carbons (Fsp3) is 0.615. The fourth-order valence-corrected chi connectivity index (χ4v) is 2.47. The molecule has 0 saturated heterocycles. The van der Waals surface area contributed by atoms with Gasteiger partial charge in [0, 0.05) is 12.5 Å². The molecule has 1 rings (SSSR count). The second-order valence-corrected chi connectivity index (χ2v) is 4.95. The summed E-state index contributed by atoms with van der Waals surface area (Å²) in [6.45, 7) is 4.58. The van der Waals surface area contributed by atoms with E-state index in [4.69, 9.17) is 0 Å². The lowest BCUT2D eigenvalue weighted by Gasteiger charge is -2.14. The van der Waals surface area contributed by atoms with Crippen molar-refractivity contribution in [2.75, 3.05) is 6.54 Å². The summed E-state index contributed by atoms with van der Waals surface area (Å²) < 4.78 is 0. The van der Waals surface area contributed by atoms with Crippen LogP contribution < -0.4 is 5.32 Å². The predicted octanol–water partition coefficient (Wildman–Crippen LogP) is 2.72. The topological polar surface area (TPSA) is 49.3 Å². The molecule has 0 aliphatic rings. The maximum atomic E-state index is 11.7. The minimum atomic E-state index is -0.469. The number of nitrogens with one attached hydrogen (secondary N) is 1. The second-order valence-electron chi connectivity index (χ2n) is 4.17. The van der Waals surface area contributed by atoms with E-state index >= 15 is 0 Å². The number of aliphatic hydroxyl groups is 1. The van der Waals surface area contributed by atoms with E-state index in [0.29, 0.717) is 13.0 Å². The standard InChI is InChI=1S/C13H21NO2S/c1-3-10(4-2)13(16)14-7-5-12(15)11-6-8-17-9-11/h6,8-10,12,15H,3-5,7H2,1-2H3,(H,14,16). The summed E-state index contributed by atoms with van der Waals surface area (Å²) in [4.78, 5) is 11.7. The molecule has 3 nitrogen and oxygen atoms in total. The molecule has 0 aromatic carbocycles. The van der Waals surface area contributed by atoms with Gasteiger partial charge in [-0.2, -0.15) is 11.3 Å². The summed E-state index contributed by atoms with van der Waals surface area (Å²) >= 11 is 1.57. The number of aliphatic hydroxyl groups excluding tert-OH is 1. The summed E-state index contributed by atoms with van der Waals surface area (Å²) in [7, 11) is 0. The van der Waals surface area contributed by atoms with Gasteiger partial charge in [0.1, 0.15) is 0 Å². The van der Waals surface area contributed by atoms with Gasteiger partial charge in [0.25, 0.3) is 0 Å². The van der Waals surface area contributed by atoms with Gasteiger partial charge in [-0.25, -0.2) is 0 Å². The van der Waals surface area contributed by atoms with Gasteiger partial charge in [0.05, 0.1) is 6.10 Å². The van der Waals surface area contributed by atoms with Crippen molar-refractivity contribution < 1.29 is 9.90 Å². The van der Waals surface area contributed by atoms with Gasteiger partial charge in [-0.3, -0.25) is 4.79 Å². The van der Waals surface area contributed by atoms with E-state index in [-0.39, 0.29) is 11.8 Å². The summed E-state index contributed by atoms with van der Waals surface area (Å²) in [6, 6.07) is 1.91. The molecule has 96 valence electrons. The molecule has 1 unspecified atom stereocenters. The Labute approximate surface area is 107 Å². The normalized spacial score (nSPS) is 12.7. The van der Waals surface area contributed by atoms with Crippen molar-refractivity contribution in [3.8, 4) is 0 Å². The van der Waals surface area contributed by atoms with Crippen molar-refractivity contribution in [1.82, 2.24) is 5.32 Å². The maximum Gasteiger partial charge on any atom is 0.223 e. The first-order chi connectivity index (χ1) is 8.19. The highest BCUT2D eigenvalue weighted by Gasteiger charge is 2.14. The Hall–Kier alpha value is -0.870. The zero-order valence-electron chi connectivity index (χ0n) is 10.5. The Morgan fingerprint density at radius 2 is 2.18 bits per heavy atom. The lowest BCUT2D eigenvalue weighted by atomic mass is 10.0. The summed E-state index contributed by atoms with van der Waals surface area (Å²) in [5, 5.41) is 16.6. The lowest BCUT2D eigenvalue weighted by Crippen LogP contribution is -2.31. The van der Waals surface area contributed by atoms with Gasteiger partial charge in [0.15, 0.2) is 0 Å². The van der Waals surface area contributed by atoms with E-state index in [0.717, 1.165) is 18.4 Å². The maximum absolute atomic E-state index is 11.7. The average Bonchev–Trinajstić information content (AvgIpc) is 2.84. The number of thiophene rings is 1. The van der Waals surface area contributed by atoms with E-state index in [1.54, 1.807) is 11.3 Å². The third kappa shape index (κ3) is 4.48. The van der Waals surface area contributed by atoms with Crippen LogP contribution in [0.5, 0.6) is 0 Å². The Morgan fingerprint density at radius 1 is 1.47 bits per heavy atom. The van der Waals surface area contributed by atoms with E-state index < -0.39 is 6.10 Å². The molecule has 2 N–H and O–H groups in total. The second kappa shape index (κ2) is 7.45. The molecule has 1 aromatic rings. The van der Waals surface area contributed by atoms with Crippen molar-refractivity contribution in [2.24, 2.45) is 5.92 Å². The van der Waals surface area contributed by atoms with Gasteiger partial charge < -0.3 is 10.4 Å². The van der Waals surface area contributed by atoms with Crippen LogP contribution in [0.1, 0.15) is 44.8 Å². The molecular weight excluding hydrogens is 234 g/mol. The molecular formula is C13H21NO2S. The Kier molecular flexibility index (Phi) is 6.22. The van der Waals surface area contributed by atoms with Crippen LogP contribution in [0.25, 0.3) is 0 Å². The molecule has 0 saturated carbocycles. The quantitative estimate of drug-likeness (QED) is 0.787. The smallest absolute Gasteiger partial charge is 0.223 e. The SMILES string of the molecule is CCC(CC)C(=O)NCCC(O)c1ccsc1. The number of carbonyl (C=O) groups excluding carboxylic acids is 1. The monoisotopic (exact) mass is 255 g/mol. The van der Waals surface area contributed by atoms with Gasteiger partial charge >= 0.3 is 0 Å². The van der Waals surface area contributed by atoms with E-state index in [2.05, 4.69) is 5.32 Å². The molecule has 1 aromatic heterocycles. The number of amides is 1. The third-order valence-corrected chi connectivity index (χ3v) is 3.70. The highest BCUT2D eigenvalue weighted by Crippen LogP contribution is 2.18. The van der Waals surface area contributed by atoms with Crippen molar-refractivity contribution >= 4 is 17.2 Å². The van der Waals surface area contributed by atoms with Crippen molar-refractivity contribution in [3.05, 3.63) is 22.4 Å². The fourth-order valence-electron chi connectivity index (χ4n) is 1.77. The number of carbonyl (C=O) groups is 1. The van der Waals surface area contributed by atoms with E-state index in [9.17, 15) is 9.90 Å². The Bertz CT molecular complexity index is 320. The molecule has 4 heteroatoms. The van der Waals surface area contributed by atoms with Crippen LogP contribution >= 0.6 is 11.3 Å². The number of rotatable bonds is 7. The van der Waals surface area contributed by atoms with E-state index in [1.807, 2.05) is 30.7 Å². The molecule has 0 spiro atoms. The number of hydrogen-bond acceptors (Lipinski definition) is 3. The Balaban J connectivity index is 2.26. The molecule has 17 heavy (non-hydrogen) atoms. The number of hydrogen-bond donors (Lipinski definition) is 2. The molecule has 1 heterocycles. The van der Waals surface area contributed by atoms with Crippen molar-refractivity contribution in [2.45, 2.75) is 39.2 Å². The zero-order valence-corrected chi connectivity index (χ0v) is 11.3. The lowest BCUT2D eigenvalue weighted by molar-refractivity contribution is -0.125. The molecule has 0 aliphatic carbocycles. The van der Waals surface area contributed by atoms with Crippen molar-refractivity contribution in [3.63, 3.8) is 0 Å². The first kappa shape index (κ1) is 14.2. The van der Waals surface area contributed by atoms with Crippen LogP contribution in [0.2, 0.25) is 0 Å². The molecule has 0 aliphatic heterocycles. The molecule has 1 atom stereocenters. The van der Waals surface area contributed by atoms with Crippen LogP contribution in [-0.2, 0) is 4.79 Å². The largest absolute Gasteiger partial charge is 0.388 e. The minimum Gasteiger partial charge on any atom is -0.388 e. The van der Waals surface area contributed by atoms with Gasteiger partial charge in [-0.05, 0) is 41.7 Å². The summed E-state index contributed by atoms with van der Waals surface area (Å²) in [5.41, 5.74) is 0.937. The van der Waals surface area contributed by atoms with Crippen molar-refractivity contribution in [1.29, 1.82) is 0 Å². The molecule has 0 fully saturated rings. The minimum absolute atomic E-state index is 0.104. The molecule has 0 radical (unpaired) electrons. The van der Waals surface area contributed by atoms with Gasteiger partial charge in [-0.15, -0.1) is 0 Å². The highest BCUT2D eigenvalue weighted by atomic mass is 32.1. The summed E-state index contributed by atoms with van der Waals surface area (Å²) in [6.07, 6.45) is 1.84. The van der Waals surface area contributed by atoms with E-state index in [1.165, 1.54) is 0 Å². The Morgan fingerprint density at radius 3 is 2.71 bits per heavy atom. The van der Waals surface area contributed by atoms with Gasteiger partial charge in [0.2, 0.25) is 5.91 Å². The highest BCUT2D eigenvalue weighted by molar-refractivity contribution is 7.07. The summed E-state index contributed by atoms with van der Waals surface area (Å²) in [5.74, 6) is 0.209. The van der Waals surface area contributed by atoms with Gasteiger partial charge in [-0.1, -0.05) is 13.8 Å². The molecule has 0 bridgehead atoms.